The van der Waals surface area contributed by atoms with Crippen LogP contribution in [0.25, 0.3) is 0 Å². The summed E-state index contributed by atoms with van der Waals surface area (Å²) in [5.74, 6) is 0.137. The molecular formula is C6H6F2N2O. The monoisotopic (exact) mass is 160 g/mol. The van der Waals surface area contributed by atoms with Crippen molar-refractivity contribution in [2.24, 2.45) is 0 Å². The highest BCUT2D eigenvalue weighted by molar-refractivity contribution is 5.30. The molecule has 5 heteroatoms. The number of nitrogens with zero attached hydrogens (tertiary/aromatic N) is 1. The summed E-state index contributed by atoms with van der Waals surface area (Å²) in [6, 6.07) is 2.21. The second-order valence-corrected chi connectivity index (χ2v) is 2.01. The van der Waals surface area contributed by atoms with Gasteiger partial charge in [-0.15, -0.1) is 0 Å². The first-order valence-corrected chi connectivity index (χ1v) is 2.82. The molecule has 11 heavy (non-hydrogen) atoms. The fourth-order valence-electron chi connectivity index (χ4n) is 0.583. The van der Waals surface area contributed by atoms with Crippen LogP contribution in [-0.2, 0) is 6.11 Å². The van der Waals surface area contributed by atoms with Crippen LogP contribution in [0.15, 0.2) is 18.3 Å². The molecule has 0 saturated carbocycles. The maximum atomic E-state index is 12.1. The zero-order chi connectivity index (χ0) is 8.48. The predicted octanol–water partition coefficient (Wildman–Crippen LogP) is 0.705. The highest BCUT2D eigenvalue weighted by Gasteiger charge is 2.27. The van der Waals surface area contributed by atoms with Crippen LogP contribution in [0, 0.1) is 0 Å². The molecule has 3 N–H and O–H groups in total. The molecule has 0 radical (unpaired) electrons. The van der Waals surface area contributed by atoms with Crippen molar-refractivity contribution in [1.82, 2.24) is 4.98 Å². The van der Waals surface area contributed by atoms with Crippen molar-refractivity contribution in [1.29, 1.82) is 0 Å². The van der Waals surface area contributed by atoms with Crippen molar-refractivity contribution < 1.29 is 13.9 Å². The van der Waals surface area contributed by atoms with E-state index >= 15 is 0 Å². The fraction of sp³-hybridized carbons (Fsp3) is 0.167. The van der Waals surface area contributed by atoms with Gasteiger partial charge < -0.3 is 10.8 Å². The van der Waals surface area contributed by atoms with E-state index in [2.05, 4.69) is 4.98 Å². The van der Waals surface area contributed by atoms with E-state index in [1.807, 2.05) is 0 Å². The molecule has 0 fully saturated rings. The van der Waals surface area contributed by atoms with Crippen LogP contribution < -0.4 is 5.73 Å². The lowest BCUT2D eigenvalue weighted by molar-refractivity contribution is -0.208. The van der Waals surface area contributed by atoms with Crippen molar-refractivity contribution in [3.05, 3.63) is 23.9 Å². The van der Waals surface area contributed by atoms with Gasteiger partial charge in [0.2, 0.25) is 0 Å². The van der Waals surface area contributed by atoms with Crippen LogP contribution in [0.1, 0.15) is 5.56 Å². The second kappa shape index (κ2) is 2.43. The Hall–Kier alpha value is -1.23. The van der Waals surface area contributed by atoms with Crippen molar-refractivity contribution in [2.45, 2.75) is 6.11 Å². The number of pyridine rings is 1. The van der Waals surface area contributed by atoms with Gasteiger partial charge in [-0.1, -0.05) is 0 Å². The summed E-state index contributed by atoms with van der Waals surface area (Å²) in [5.41, 5.74) is 4.57. The standard InChI is InChI=1S/C6H6F2N2O/c7-6(8,11)4-1-2-5(9)10-3-4/h1-3,11H,(H2,9,10). The summed E-state index contributed by atoms with van der Waals surface area (Å²) in [5, 5.41) is 8.17. The largest absolute Gasteiger partial charge is 0.384 e. The Morgan fingerprint density at radius 3 is 2.45 bits per heavy atom. The number of rotatable bonds is 1. The minimum Gasteiger partial charge on any atom is -0.384 e. The average Bonchev–Trinajstić information content (AvgIpc) is 1.86. The Labute approximate surface area is 61.5 Å². The smallest absolute Gasteiger partial charge is 0.382 e. The summed E-state index contributed by atoms with van der Waals surface area (Å²) >= 11 is 0. The Morgan fingerprint density at radius 2 is 2.09 bits per heavy atom. The van der Waals surface area contributed by atoms with Crippen LogP contribution in [0.4, 0.5) is 14.6 Å². The van der Waals surface area contributed by atoms with Crippen LogP contribution in [0.3, 0.4) is 0 Å². The molecule has 0 atom stereocenters. The van der Waals surface area contributed by atoms with Gasteiger partial charge in [-0.2, -0.15) is 8.78 Å². The maximum absolute atomic E-state index is 12.1. The molecule has 1 rings (SSSR count). The Kier molecular flexibility index (Phi) is 1.74. The lowest BCUT2D eigenvalue weighted by atomic mass is 10.3. The van der Waals surface area contributed by atoms with Gasteiger partial charge >= 0.3 is 6.11 Å². The van der Waals surface area contributed by atoms with E-state index in [4.69, 9.17) is 10.8 Å². The Balaban J connectivity index is 2.99. The van der Waals surface area contributed by atoms with Crippen molar-refractivity contribution >= 4 is 5.82 Å². The van der Waals surface area contributed by atoms with Gasteiger partial charge in [0.15, 0.2) is 0 Å². The molecule has 3 nitrogen and oxygen atoms in total. The fourth-order valence-corrected chi connectivity index (χ4v) is 0.583. The van der Waals surface area contributed by atoms with Crippen LogP contribution in [0.2, 0.25) is 0 Å². The normalized spacial score (nSPS) is 11.5. The molecular weight excluding hydrogens is 154 g/mol. The number of anilines is 1. The molecule has 0 amide bonds. The number of aliphatic hydroxyl groups is 1. The lowest BCUT2D eigenvalue weighted by Crippen LogP contribution is -2.11. The first-order valence-electron chi connectivity index (χ1n) is 2.82. The number of hydrogen-bond acceptors (Lipinski definition) is 3. The van der Waals surface area contributed by atoms with Crippen molar-refractivity contribution in [3.63, 3.8) is 0 Å². The van der Waals surface area contributed by atoms with Gasteiger partial charge in [0.25, 0.3) is 0 Å². The molecule has 1 aromatic rings. The molecule has 0 unspecified atom stereocenters. The summed E-state index contributed by atoms with van der Waals surface area (Å²) in [6.07, 6.45) is -3.00. The minimum absolute atomic E-state index is 0.137. The highest BCUT2D eigenvalue weighted by atomic mass is 19.3. The molecule has 1 heterocycles. The number of nitrogen functional groups attached to an aromatic ring is 1. The number of halogens is 2. The third kappa shape index (κ3) is 1.84. The number of alkyl halides is 2. The average molecular weight is 160 g/mol. The second-order valence-electron chi connectivity index (χ2n) is 2.01. The molecule has 0 aliphatic heterocycles. The van der Waals surface area contributed by atoms with Gasteiger partial charge in [0, 0.05) is 6.20 Å². The zero-order valence-electron chi connectivity index (χ0n) is 5.46. The van der Waals surface area contributed by atoms with E-state index in [-0.39, 0.29) is 5.82 Å². The van der Waals surface area contributed by atoms with E-state index in [0.29, 0.717) is 0 Å². The molecule has 1 aromatic heterocycles. The highest BCUT2D eigenvalue weighted by Crippen LogP contribution is 2.23. The van der Waals surface area contributed by atoms with Gasteiger partial charge in [-0.05, 0) is 12.1 Å². The molecule has 0 spiro atoms. The first-order chi connectivity index (χ1) is 5.00. The third-order valence-electron chi connectivity index (χ3n) is 1.13. The molecule has 0 aliphatic rings. The number of hydrogen-bond donors (Lipinski definition) is 2. The summed E-state index contributed by atoms with van der Waals surface area (Å²) in [4.78, 5) is 3.38. The van der Waals surface area contributed by atoms with Gasteiger partial charge in [-0.25, -0.2) is 4.98 Å². The van der Waals surface area contributed by atoms with E-state index in [9.17, 15) is 8.78 Å². The molecule has 0 saturated heterocycles. The van der Waals surface area contributed by atoms with Crippen LogP contribution in [0.5, 0.6) is 0 Å². The first kappa shape index (κ1) is 7.87. The Bertz CT molecular complexity index is 242. The predicted molar refractivity (Wildman–Crippen MR) is 34.8 cm³/mol. The molecule has 60 valence electrons. The van der Waals surface area contributed by atoms with Crippen molar-refractivity contribution in [3.8, 4) is 0 Å². The topological polar surface area (TPSA) is 59.1 Å². The van der Waals surface area contributed by atoms with Gasteiger partial charge in [0.05, 0.1) is 5.56 Å². The summed E-state index contributed by atoms with van der Waals surface area (Å²) < 4.78 is 24.1. The van der Waals surface area contributed by atoms with E-state index in [1.54, 1.807) is 0 Å². The number of aromatic nitrogens is 1. The summed E-state index contributed by atoms with van der Waals surface area (Å²) in [6.45, 7) is 0. The molecule has 0 aliphatic carbocycles. The molecule has 0 aromatic carbocycles. The SMILES string of the molecule is Nc1ccc(C(O)(F)F)cn1. The van der Waals surface area contributed by atoms with Gasteiger partial charge in [0.1, 0.15) is 5.82 Å². The van der Waals surface area contributed by atoms with E-state index in [0.717, 1.165) is 12.3 Å². The quantitative estimate of drug-likeness (QED) is 0.635. The Morgan fingerprint density at radius 1 is 1.45 bits per heavy atom. The zero-order valence-corrected chi connectivity index (χ0v) is 5.46. The molecule has 0 bridgehead atoms. The third-order valence-corrected chi connectivity index (χ3v) is 1.13. The maximum Gasteiger partial charge on any atom is 0.382 e. The van der Waals surface area contributed by atoms with E-state index in [1.165, 1.54) is 6.07 Å². The van der Waals surface area contributed by atoms with Crippen LogP contribution >= 0.6 is 0 Å². The number of nitrogens with two attached hydrogens (primary N) is 1. The van der Waals surface area contributed by atoms with E-state index < -0.39 is 11.7 Å². The minimum atomic E-state index is -3.83. The summed E-state index contributed by atoms with van der Waals surface area (Å²) in [7, 11) is 0. The van der Waals surface area contributed by atoms with Gasteiger partial charge in [-0.3, -0.25) is 0 Å². The lowest BCUT2D eigenvalue weighted by Gasteiger charge is -2.07. The van der Waals surface area contributed by atoms with Crippen LogP contribution in [-0.4, -0.2) is 10.1 Å². The van der Waals surface area contributed by atoms with Crippen molar-refractivity contribution in [2.75, 3.05) is 5.73 Å².